The van der Waals surface area contributed by atoms with Crippen LogP contribution >= 0.6 is 0 Å². The van der Waals surface area contributed by atoms with Crippen molar-refractivity contribution in [1.82, 2.24) is 24.6 Å². The zero-order valence-corrected chi connectivity index (χ0v) is 18.4. The maximum Gasteiger partial charge on any atom is 0.273 e. The minimum atomic E-state index is -3.86. The highest BCUT2D eigenvalue weighted by atomic mass is 32.2. The Morgan fingerprint density at radius 3 is 2.50 bits per heavy atom. The van der Waals surface area contributed by atoms with Gasteiger partial charge < -0.3 is 5.32 Å². The van der Waals surface area contributed by atoms with Crippen molar-refractivity contribution in [2.24, 2.45) is 0 Å². The van der Waals surface area contributed by atoms with Crippen molar-refractivity contribution in [1.29, 1.82) is 0 Å². The molecule has 0 radical (unpaired) electrons. The number of hydrogen-bond acceptors (Lipinski definition) is 5. The average molecular weight is 438 g/mol. The molecule has 1 aromatic carbocycles. The number of rotatable bonds is 7. The fraction of sp³-hybridized carbons (Fsp3) is 0.550. The first-order valence-electron chi connectivity index (χ1n) is 10.0. The van der Waals surface area contributed by atoms with E-state index in [0.29, 0.717) is 0 Å². The number of benzene rings is 1. The van der Waals surface area contributed by atoms with Gasteiger partial charge in [0, 0.05) is 18.6 Å². The van der Waals surface area contributed by atoms with Crippen molar-refractivity contribution in [2.75, 3.05) is 6.54 Å². The quantitative estimate of drug-likeness (QED) is 0.717. The Morgan fingerprint density at radius 1 is 1.23 bits per heavy atom. The highest BCUT2D eigenvalue weighted by Crippen LogP contribution is 2.29. The van der Waals surface area contributed by atoms with Gasteiger partial charge in [0.05, 0.1) is 17.6 Å². The number of hydrogen-bond donors (Lipinski definition) is 1. The highest BCUT2D eigenvalue weighted by Gasteiger charge is 2.40. The Labute approximate surface area is 176 Å². The number of halogens is 1. The number of sulfonamides is 1. The Hall–Kier alpha value is -2.33. The van der Waals surface area contributed by atoms with E-state index in [9.17, 15) is 17.6 Å². The predicted molar refractivity (Wildman–Crippen MR) is 110 cm³/mol. The molecule has 10 heteroatoms. The molecule has 1 fully saturated rings. The second-order valence-corrected chi connectivity index (χ2v) is 10.1. The maximum atomic E-state index is 14.2. The number of aromatic nitrogens is 3. The predicted octanol–water partition coefficient (Wildman–Crippen LogP) is 2.34. The fourth-order valence-corrected chi connectivity index (χ4v) is 5.15. The summed E-state index contributed by atoms with van der Waals surface area (Å²) in [5.41, 5.74) is 1.17. The maximum absolute atomic E-state index is 14.2. The van der Waals surface area contributed by atoms with Gasteiger partial charge in [0.2, 0.25) is 10.0 Å². The summed E-state index contributed by atoms with van der Waals surface area (Å²) < 4.78 is 43.1. The van der Waals surface area contributed by atoms with Gasteiger partial charge in [0.15, 0.2) is 5.69 Å². The Morgan fingerprint density at radius 2 is 1.90 bits per heavy atom. The highest BCUT2D eigenvalue weighted by molar-refractivity contribution is 7.89. The lowest BCUT2D eigenvalue weighted by atomic mass is 10.0. The summed E-state index contributed by atoms with van der Waals surface area (Å²) in [4.78, 5) is 12.2. The van der Waals surface area contributed by atoms with E-state index < -0.39 is 22.2 Å². The average Bonchev–Trinajstić information content (AvgIpc) is 3.28. The van der Waals surface area contributed by atoms with Gasteiger partial charge in [-0.25, -0.2) is 12.8 Å². The van der Waals surface area contributed by atoms with E-state index in [-0.39, 0.29) is 48.0 Å². The second-order valence-electron chi connectivity index (χ2n) is 8.24. The molecule has 2 heterocycles. The first kappa shape index (κ1) is 22.4. The molecule has 2 aromatic rings. The zero-order chi connectivity index (χ0) is 22.1. The van der Waals surface area contributed by atoms with E-state index in [4.69, 9.17) is 0 Å². The summed E-state index contributed by atoms with van der Waals surface area (Å²) in [5.74, 6) is -0.0771. The molecule has 0 aliphatic carbocycles. The molecular weight excluding hydrogens is 409 g/mol. The number of nitrogens with zero attached hydrogens (tertiary/aromatic N) is 4. The molecule has 2 unspecified atom stereocenters. The summed E-state index contributed by atoms with van der Waals surface area (Å²) in [6.07, 6.45) is 0.259. The molecule has 0 bridgehead atoms. The standard InChI is InChI=1S/C20H28FN5O3S/c1-13(2)15-5-7-18(8-6-15)30(28,29)26-10-16(21)9-17(26)11-25-12-19(23-24-25)20(27)22-14(3)4/h5-8,12-14,16-17H,9-11H2,1-4H3,(H,22,27). The van der Waals surface area contributed by atoms with Gasteiger partial charge in [-0.2, -0.15) is 4.31 Å². The van der Waals surface area contributed by atoms with Gasteiger partial charge in [0.1, 0.15) is 6.17 Å². The molecular formula is C20H28FN5O3S. The van der Waals surface area contributed by atoms with Crippen LogP contribution in [0.1, 0.15) is 56.1 Å². The first-order chi connectivity index (χ1) is 14.1. The van der Waals surface area contributed by atoms with Crippen LogP contribution in [0.15, 0.2) is 35.4 Å². The third-order valence-corrected chi connectivity index (χ3v) is 6.99. The molecule has 1 saturated heterocycles. The smallest absolute Gasteiger partial charge is 0.273 e. The molecule has 3 rings (SSSR count). The zero-order valence-electron chi connectivity index (χ0n) is 17.6. The molecule has 1 aromatic heterocycles. The number of alkyl halides is 1. The lowest BCUT2D eigenvalue weighted by Crippen LogP contribution is -2.38. The van der Waals surface area contributed by atoms with Gasteiger partial charge in [-0.1, -0.05) is 31.2 Å². The van der Waals surface area contributed by atoms with Crippen LogP contribution in [-0.2, 0) is 16.6 Å². The van der Waals surface area contributed by atoms with Gasteiger partial charge in [-0.3, -0.25) is 9.48 Å². The van der Waals surface area contributed by atoms with Crippen LogP contribution < -0.4 is 5.32 Å². The topological polar surface area (TPSA) is 97.2 Å². The van der Waals surface area contributed by atoms with Crippen LogP contribution in [0.5, 0.6) is 0 Å². The largest absolute Gasteiger partial charge is 0.348 e. The molecule has 0 spiro atoms. The normalized spacial score (nSPS) is 20.2. The van der Waals surface area contributed by atoms with E-state index in [1.54, 1.807) is 24.3 Å². The Bertz CT molecular complexity index is 988. The monoisotopic (exact) mass is 437 g/mol. The van der Waals surface area contributed by atoms with Crippen molar-refractivity contribution < 1.29 is 17.6 Å². The lowest BCUT2D eigenvalue weighted by Gasteiger charge is -2.23. The van der Waals surface area contributed by atoms with Crippen LogP contribution in [0.4, 0.5) is 4.39 Å². The first-order valence-corrected chi connectivity index (χ1v) is 11.5. The summed E-state index contributed by atoms with van der Waals surface area (Å²) >= 11 is 0. The van der Waals surface area contributed by atoms with Gasteiger partial charge in [-0.05, 0) is 43.9 Å². The fourth-order valence-electron chi connectivity index (χ4n) is 3.50. The number of nitrogens with one attached hydrogen (secondary N) is 1. The van der Waals surface area contributed by atoms with E-state index in [2.05, 4.69) is 15.6 Å². The molecule has 1 N–H and O–H groups in total. The van der Waals surface area contributed by atoms with Crippen LogP contribution in [0, 0.1) is 0 Å². The van der Waals surface area contributed by atoms with Crippen molar-refractivity contribution in [2.45, 2.75) is 69.7 Å². The third kappa shape index (κ3) is 4.86. The minimum Gasteiger partial charge on any atom is -0.348 e. The molecule has 1 amide bonds. The number of amides is 1. The van der Waals surface area contributed by atoms with Gasteiger partial charge >= 0.3 is 0 Å². The molecule has 2 atom stereocenters. The van der Waals surface area contributed by atoms with Gasteiger partial charge in [0.25, 0.3) is 5.91 Å². The summed E-state index contributed by atoms with van der Waals surface area (Å²) in [7, 11) is -3.86. The second kappa shape index (κ2) is 8.81. The molecule has 1 aliphatic rings. The SMILES string of the molecule is CC(C)NC(=O)c1cn(CC2CC(F)CN2S(=O)(=O)c2ccc(C(C)C)cc2)nn1. The Balaban J connectivity index is 1.78. The molecule has 8 nitrogen and oxygen atoms in total. The third-order valence-electron chi connectivity index (χ3n) is 5.06. The number of carbonyl (C=O) groups is 1. The summed E-state index contributed by atoms with van der Waals surface area (Å²) in [6, 6.07) is 6.04. The van der Waals surface area contributed by atoms with Crippen molar-refractivity contribution >= 4 is 15.9 Å². The molecule has 30 heavy (non-hydrogen) atoms. The lowest BCUT2D eigenvalue weighted by molar-refractivity contribution is 0.0938. The van der Waals surface area contributed by atoms with E-state index in [1.807, 2.05) is 27.7 Å². The summed E-state index contributed by atoms with van der Waals surface area (Å²) in [5, 5.41) is 10.5. The van der Waals surface area contributed by atoms with Crippen molar-refractivity contribution in [3.63, 3.8) is 0 Å². The summed E-state index contributed by atoms with van der Waals surface area (Å²) in [6.45, 7) is 7.64. The van der Waals surface area contributed by atoms with Crippen LogP contribution in [0.3, 0.4) is 0 Å². The van der Waals surface area contributed by atoms with Crippen LogP contribution in [-0.4, -0.2) is 58.4 Å². The number of carbonyl (C=O) groups excluding carboxylic acids is 1. The van der Waals surface area contributed by atoms with E-state index in [0.717, 1.165) is 5.56 Å². The molecule has 0 saturated carbocycles. The van der Waals surface area contributed by atoms with E-state index in [1.165, 1.54) is 15.2 Å². The van der Waals surface area contributed by atoms with Crippen LogP contribution in [0.2, 0.25) is 0 Å². The molecule has 164 valence electrons. The molecule has 1 aliphatic heterocycles. The van der Waals surface area contributed by atoms with Gasteiger partial charge in [-0.15, -0.1) is 5.10 Å². The van der Waals surface area contributed by atoms with Crippen molar-refractivity contribution in [3.05, 3.63) is 41.7 Å². The Kier molecular flexibility index (Phi) is 6.56. The van der Waals surface area contributed by atoms with Crippen LogP contribution in [0.25, 0.3) is 0 Å². The van der Waals surface area contributed by atoms with Crippen molar-refractivity contribution in [3.8, 4) is 0 Å². The minimum absolute atomic E-state index is 0.0486. The van der Waals surface area contributed by atoms with E-state index >= 15 is 0 Å².